The van der Waals surface area contributed by atoms with Crippen molar-refractivity contribution in [3.63, 3.8) is 0 Å². The van der Waals surface area contributed by atoms with Crippen molar-refractivity contribution in [3.8, 4) is 0 Å². The van der Waals surface area contributed by atoms with Gasteiger partial charge in [0.15, 0.2) is 0 Å². The van der Waals surface area contributed by atoms with Gasteiger partial charge in [0.25, 0.3) is 0 Å². The van der Waals surface area contributed by atoms with Crippen LogP contribution in [-0.4, -0.2) is 12.6 Å². The lowest BCUT2D eigenvalue weighted by Gasteiger charge is -2.12. The summed E-state index contributed by atoms with van der Waals surface area (Å²) < 4.78 is 13.2. The Labute approximate surface area is 84.3 Å². The molecule has 14 heavy (non-hydrogen) atoms. The highest BCUT2D eigenvalue weighted by molar-refractivity contribution is 5.16. The van der Waals surface area contributed by atoms with Crippen molar-refractivity contribution < 1.29 is 4.39 Å². The zero-order valence-corrected chi connectivity index (χ0v) is 8.46. The van der Waals surface area contributed by atoms with E-state index in [1.807, 2.05) is 13.0 Å². The summed E-state index contributed by atoms with van der Waals surface area (Å²) in [5.41, 5.74) is 6.12. The Morgan fingerprint density at radius 3 is 2.79 bits per heavy atom. The highest BCUT2D eigenvalue weighted by Crippen LogP contribution is 2.06. The van der Waals surface area contributed by atoms with Crippen LogP contribution in [0.5, 0.6) is 0 Å². The molecule has 0 radical (unpaired) electrons. The minimum Gasteiger partial charge on any atom is -0.330 e. The van der Waals surface area contributed by atoms with Gasteiger partial charge in [-0.1, -0.05) is 18.2 Å². The predicted molar refractivity (Wildman–Crippen MR) is 56.4 cm³/mol. The summed E-state index contributed by atoms with van der Waals surface area (Å²) >= 11 is 0. The summed E-state index contributed by atoms with van der Waals surface area (Å²) in [6.07, 6.45) is 0.911. The third-order valence-corrected chi connectivity index (χ3v) is 2.20. The van der Waals surface area contributed by atoms with E-state index in [2.05, 4.69) is 5.32 Å². The van der Waals surface area contributed by atoms with Crippen LogP contribution in [-0.2, 0) is 6.54 Å². The molecule has 3 heteroatoms. The molecule has 0 fully saturated rings. The lowest BCUT2D eigenvalue weighted by atomic mass is 10.2. The Morgan fingerprint density at radius 1 is 1.43 bits per heavy atom. The summed E-state index contributed by atoms with van der Waals surface area (Å²) in [5, 5.41) is 3.22. The van der Waals surface area contributed by atoms with E-state index in [9.17, 15) is 4.39 Å². The lowest BCUT2D eigenvalue weighted by molar-refractivity contribution is 0.506. The minimum atomic E-state index is -0.153. The van der Waals surface area contributed by atoms with Gasteiger partial charge in [-0.3, -0.25) is 0 Å². The molecule has 0 saturated heterocycles. The molecule has 0 saturated carbocycles. The van der Waals surface area contributed by atoms with E-state index in [1.165, 1.54) is 6.07 Å². The van der Waals surface area contributed by atoms with Crippen molar-refractivity contribution in [1.82, 2.24) is 5.32 Å². The lowest BCUT2D eigenvalue weighted by Crippen LogP contribution is -2.28. The van der Waals surface area contributed by atoms with Crippen LogP contribution in [0.3, 0.4) is 0 Å². The van der Waals surface area contributed by atoms with E-state index >= 15 is 0 Å². The van der Waals surface area contributed by atoms with Crippen LogP contribution in [0.4, 0.5) is 4.39 Å². The number of nitrogens with one attached hydrogen (secondary N) is 1. The Bertz CT molecular complexity index is 276. The Morgan fingerprint density at radius 2 is 2.14 bits per heavy atom. The summed E-state index contributed by atoms with van der Waals surface area (Å²) in [6.45, 7) is 3.27. The molecule has 2 nitrogen and oxygen atoms in total. The molecule has 0 aromatic heterocycles. The zero-order valence-electron chi connectivity index (χ0n) is 8.46. The first-order chi connectivity index (χ1) is 6.74. The van der Waals surface area contributed by atoms with Crippen LogP contribution in [0, 0.1) is 5.82 Å². The maximum absolute atomic E-state index is 13.2. The molecule has 0 amide bonds. The van der Waals surface area contributed by atoms with Crippen LogP contribution in [0.25, 0.3) is 0 Å². The van der Waals surface area contributed by atoms with Gasteiger partial charge < -0.3 is 11.1 Å². The van der Waals surface area contributed by atoms with Crippen molar-refractivity contribution in [2.75, 3.05) is 6.54 Å². The predicted octanol–water partition coefficient (Wildman–Crippen LogP) is 1.65. The van der Waals surface area contributed by atoms with Gasteiger partial charge in [0.1, 0.15) is 5.82 Å². The highest BCUT2D eigenvalue weighted by Gasteiger charge is 2.03. The van der Waals surface area contributed by atoms with E-state index in [-0.39, 0.29) is 5.82 Å². The maximum atomic E-state index is 13.2. The SMILES string of the molecule is CC(CCN)NCc1ccccc1F. The standard InChI is InChI=1S/C11H17FN2/c1-9(6-7-13)14-8-10-4-2-3-5-11(10)12/h2-5,9,14H,6-8,13H2,1H3. The molecule has 0 aliphatic carbocycles. The minimum absolute atomic E-state index is 0.153. The number of rotatable bonds is 5. The fourth-order valence-electron chi connectivity index (χ4n) is 1.28. The second-order valence-electron chi connectivity index (χ2n) is 3.45. The molecule has 0 aliphatic rings. The first-order valence-electron chi connectivity index (χ1n) is 4.91. The van der Waals surface area contributed by atoms with Crippen LogP contribution in [0.2, 0.25) is 0 Å². The maximum Gasteiger partial charge on any atom is 0.127 e. The third kappa shape index (κ3) is 3.44. The second kappa shape index (κ2) is 5.73. The second-order valence-corrected chi connectivity index (χ2v) is 3.45. The van der Waals surface area contributed by atoms with Crippen molar-refractivity contribution in [3.05, 3.63) is 35.6 Å². The molecule has 1 rings (SSSR count). The molecular weight excluding hydrogens is 179 g/mol. The topological polar surface area (TPSA) is 38.0 Å². The molecule has 1 unspecified atom stereocenters. The van der Waals surface area contributed by atoms with Crippen molar-refractivity contribution in [2.45, 2.75) is 25.9 Å². The number of halogens is 1. The quantitative estimate of drug-likeness (QED) is 0.751. The van der Waals surface area contributed by atoms with E-state index in [4.69, 9.17) is 5.73 Å². The molecule has 0 bridgehead atoms. The van der Waals surface area contributed by atoms with Crippen LogP contribution in [0.1, 0.15) is 18.9 Å². The molecule has 1 aromatic rings. The van der Waals surface area contributed by atoms with Gasteiger partial charge in [0.2, 0.25) is 0 Å². The number of benzene rings is 1. The fourth-order valence-corrected chi connectivity index (χ4v) is 1.28. The molecule has 0 spiro atoms. The van der Waals surface area contributed by atoms with Gasteiger partial charge in [0.05, 0.1) is 0 Å². The smallest absolute Gasteiger partial charge is 0.127 e. The van der Waals surface area contributed by atoms with Gasteiger partial charge in [0, 0.05) is 18.2 Å². The van der Waals surface area contributed by atoms with Gasteiger partial charge in [-0.15, -0.1) is 0 Å². The molecule has 0 aliphatic heterocycles. The Kier molecular flexibility index (Phi) is 4.56. The summed E-state index contributed by atoms with van der Waals surface area (Å²) in [7, 11) is 0. The van der Waals surface area contributed by atoms with E-state index < -0.39 is 0 Å². The molecule has 78 valence electrons. The fraction of sp³-hybridized carbons (Fsp3) is 0.455. The number of hydrogen-bond acceptors (Lipinski definition) is 2. The monoisotopic (exact) mass is 196 g/mol. The summed E-state index contributed by atoms with van der Waals surface area (Å²) in [6, 6.07) is 7.14. The average molecular weight is 196 g/mol. The van der Waals surface area contributed by atoms with Crippen LogP contribution < -0.4 is 11.1 Å². The molecular formula is C11H17FN2. The Hall–Kier alpha value is -0.930. The number of nitrogens with two attached hydrogens (primary N) is 1. The van der Waals surface area contributed by atoms with Crippen LogP contribution >= 0.6 is 0 Å². The van der Waals surface area contributed by atoms with Crippen molar-refractivity contribution >= 4 is 0 Å². The van der Waals surface area contributed by atoms with Gasteiger partial charge in [-0.05, 0) is 26.0 Å². The zero-order chi connectivity index (χ0) is 10.4. The average Bonchev–Trinajstić information content (AvgIpc) is 2.17. The third-order valence-electron chi connectivity index (χ3n) is 2.20. The van der Waals surface area contributed by atoms with E-state index in [0.29, 0.717) is 24.7 Å². The van der Waals surface area contributed by atoms with Gasteiger partial charge in [-0.2, -0.15) is 0 Å². The van der Waals surface area contributed by atoms with E-state index in [0.717, 1.165) is 6.42 Å². The summed E-state index contributed by atoms with van der Waals surface area (Å²) in [5.74, 6) is -0.153. The van der Waals surface area contributed by atoms with Gasteiger partial charge in [-0.25, -0.2) is 4.39 Å². The first kappa shape index (κ1) is 11.1. The largest absolute Gasteiger partial charge is 0.330 e. The molecule has 1 aromatic carbocycles. The van der Waals surface area contributed by atoms with Crippen molar-refractivity contribution in [1.29, 1.82) is 0 Å². The van der Waals surface area contributed by atoms with Crippen molar-refractivity contribution in [2.24, 2.45) is 5.73 Å². The normalized spacial score (nSPS) is 12.8. The summed E-state index contributed by atoms with van der Waals surface area (Å²) in [4.78, 5) is 0. The first-order valence-corrected chi connectivity index (χ1v) is 4.91. The van der Waals surface area contributed by atoms with Gasteiger partial charge >= 0.3 is 0 Å². The highest BCUT2D eigenvalue weighted by atomic mass is 19.1. The molecule has 1 atom stereocenters. The molecule has 0 heterocycles. The van der Waals surface area contributed by atoms with Crippen LogP contribution in [0.15, 0.2) is 24.3 Å². The Balaban J connectivity index is 2.41. The molecule has 3 N–H and O–H groups in total. The number of hydrogen-bond donors (Lipinski definition) is 2. The van der Waals surface area contributed by atoms with E-state index in [1.54, 1.807) is 12.1 Å².